The Morgan fingerprint density at radius 1 is 1.62 bits per heavy atom. The van der Waals surface area contributed by atoms with Crippen LogP contribution in [0.15, 0.2) is 36.0 Å². The summed E-state index contributed by atoms with van der Waals surface area (Å²) in [6, 6.07) is 0. The van der Waals surface area contributed by atoms with E-state index < -0.39 is 0 Å². The van der Waals surface area contributed by atoms with Crippen molar-refractivity contribution in [1.82, 2.24) is 0 Å². The number of fused-ring (bicyclic) bond motifs is 2. The summed E-state index contributed by atoms with van der Waals surface area (Å²) in [4.78, 5) is 0. The molecule has 0 N–H and O–H groups in total. The van der Waals surface area contributed by atoms with E-state index in [4.69, 9.17) is 0 Å². The molecule has 2 rings (SSSR count). The fourth-order valence-corrected chi connectivity index (χ4v) is 1.33. The molecule has 0 aromatic heterocycles. The summed E-state index contributed by atoms with van der Waals surface area (Å²) >= 11 is 0. The zero-order valence-corrected chi connectivity index (χ0v) is 4.72. The van der Waals surface area contributed by atoms with E-state index in [0.717, 1.165) is 0 Å². The summed E-state index contributed by atoms with van der Waals surface area (Å²) in [6.07, 6.45) is 7.85. The van der Waals surface area contributed by atoms with Crippen molar-refractivity contribution in [2.24, 2.45) is 5.92 Å². The van der Waals surface area contributed by atoms with Crippen LogP contribution in [-0.2, 0) is 0 Å². The van der Waals surface area contributed by atoms with Gasteiger partial charge in [0.15, 0.2) is 0 Å². The maximum Gasteiger partial charge on any atom is 0.00560 e. The van der Waals surface area contributed by atoms with Crippen molar-refractivity contribution in [3.05, 3.63) is 36.0 Å². The lowest BCUT2D eigenvalue weighted by Gasteiger charge is -1.96. The highest BCUT2D eigenvalue weighted by molar-refractivity contribution is 5.51. The van der Waals surface area contributed by atoms with Crippen LogP contribution >= 0.6 is 0 Å². The molecule has 0 aromatic carbocycles. The average Bonchev–Trinajstić information content (AvgIpc) is 2.29. The first kappa shape index (κ1) is 4.13. The monoisotopic (exact) mass is 104 g/mol. The first-order chi connectivity index (χ1) is 3.88. The zero-order valence-electron chi connectivity index (χ0n) is 4.72. The van der Waals surface area contributed by atoms with E-state index >= 15 is 0 Å². The second-order valence-electron chi connectivity index (χ2n) is 2.39. The highest BCUT2D eigenvalue weighted by Crippen LogP contribution is 2.37. The molecule has 0 saturated heterocycles. The molecule has 1 unspecified atom stereocenters. The summed E-state index contributed by atoms with van der Waals surface area (Å²) in [5.74, 6) is 0.671. The van der Waals surface area contributed by atoms with Gasteiger partial charge in [0.25, 0.3) is 0 Å². The molecule has 0 amide bonds. The van der Waals surface area contributed by atoms with Crippen LogP contribution in [0.1, 0.15) is 6.42 Å². The van der Waals surface area contributed by atoms with E-state index in [1.807, 2.05) is 0 Å². The van der Waals surface area contributed by atoms with Crippen molar-refractivity contribution in [3.63, 3.8) is 0 Å². The maximum absolute atomic E-state index is 3.95. The molecule has 0 fully saturated rings. The first-order valence-corrected chi connectivity index (χ1v) is 2.95. The Hall–Kier alpha value is -0.780. The van der Waals surface area contributed by atoms with Crippen molar-refractivity contribution < 1.29 is 0 Å². The Morgan fingerprint density at radius 2 is 2.50 bits per heavy atom. The largest absolute Gasteiger partial charge is 0.0946 e. The summed E-state index contributed by atoms with van der Waals surface area (Å²) < 4.78 is 0. The van der Waals surface area contributed by atoms with E-state index in [9.17, 15) is 0 Å². The van der Waals surface area contributed by atoms with Crippen LogP contribution in [0.3, 0.4) is 0 Å². The first-order valence-electron chi connectivity index (χ1n) is 2.95. The molecule has 0 aliphatic heterocycles. The van der Waals surface area contributed by atoms with Gasteiger partial charge in [0.2, 0.25) is 0 Å². The van der Waals surface area contributed by atoms with E-state index in [2.05, 4.69) is 24.8 Å². The second kappa shape index (κ2) is 1.13. The van der Waals surface area contributed by atoms with Gasteiger partial charge in [-0.05, 0) is 17.6 Å². The zero-order chi connectivity index (χ0) is 5.56. The van der Waals surface area contributed by atoms with E-state index in [-0.39, 0.29) is 0 Å². The quantitative estimate of drug-likeness (QED) is 0.441. The SMILES string of the molecule is C=C1C2=CCC1C=C2. The molecule has 2 bridgehead atoms. The van der Waals surface area contributed by atoms with Crippen molar-refractivity contribution in [3.8, 4) is 0 Å². The van der Waals surface area contributed by atoms with Crippen LogP contribution in [0.5, 0.6) is 0 Å². The Kier molecular flexibility index (Phi) is 0.587. The second-order valence-corrected chi connectivity index (χ2v) is 2.39. The molecule has 0 spiro atoms. The lowest BCUT2D eigenvalue weighted by Crippen LogP contribution is -1.85. The van der Waals surface area contributed by atoms with Crippen LogP contribution in [0.2, 0.25) is 0 Å². The van der Waals surface area contributed by atoms with Gasteiger partial charge in [0, 0.05) is 5.92 Å². The molecule has 0 radical (unpaired) electrons. The molecule has 2 aliphatic rings. The molecule has 0 heterocycles. The summed E-state index contributed by atoms with van der Waals surface area (Å²) in [6.45, 7) is 3.95. The number of rotatable bonds is 0. The van der Waals surface area contributed by atoms with Crippen molar-refractivity contribution >= 4 is 0 Å². The van der Waals surface area contributed by atoms with Gasteiger partial charge in [-0.3, -0.25) is 0 Å². The van der Waals surface area contributed by atoms with Gasteiger partial charge in [-0.2, -0.15) is 0 Å². The normalized spacial score (nSPS) is 31.8. The summed E-state index contributed by atoms with van der Waals surface area (Å²) in [5, 5.41) is 0. The fraction of sp³-hybridized carbons (Fsp3) is 0.250. The molecule has 40 valence electrons. The van der Waals surface area contributed by atoms with Crippen LogP contribution < -0.4 is 0 Å². The van der Waals surface area contributed by atoms with Gasteiger partial charge in [0.05, 0.1) is 0 Å². The smallest absolute Gasteiger partial charge is 0.00560 e. The third kappa shape index (κ3) is 0.313. The Labute approximate surface area is 49.2 Å². The van der Waals surface area contributed by atoms with Gasteiger partial charge in [-0.25, -0.2) is 0 Å². The minimum absolute atomic E-state index is 0.671. The molecule has 1 atom stereocenters. The average molecular weight is 104 g/mol. The van der Waals surface area contributed by atoms with E-state index in [1.165, 1.54) is 17.6 Å². The minimum atomic E-state index is 0.671. The third-order valence-electron chi connectivity index (χ3n) is 1.92. The van der Waals surface area contributed by atoms with Crippen molar-refractivity contribution in [2.45, 2.75) is 6.42 Å². The lowest BCUT2D eigenvalue weighted by molar-refractivity contribution is 0.845. The highest BCUT2D eigenvalue weighted by Gasteiger charge is 2.21. The van der Waals surface area contributed by atoms with E-state index in [0.29, 0.717) is 5.92 Å². The maximum atomic E-state index is 3.95. The van der Waals surface area contributed by atoms with Gasteiger partial charge in [0.1, 0.15) is 0 Å². The van der Waals surface area contributed by atoms with Crippen LogP contribution in [-0.4, -0.2) is 0 Å². The van der Waals surface area contributed by atoms with Gasteiger partial charge >= 0.3 is 0 Å². The molecule has 0 aromatic rings. The third-order valence-corrected chi connectivity index (χ3v) is 1.92. The predicted octanol–water partition coefficient (Wildman–Crippen LogP) is 2.06. The molecule has 0 heteroatoms. The fourth-order valence-electron chi connectivity index (χ4n) is 1.33. The molecular formula is C8H8. The van der Waals surface area contributed by atoms with Crippen molar-refractivity contribution in [1.29, 1.82) is 0 Å². The number of hydrogen-bond acceptors (Lipinski definition) is 0. The van der Waals surface area contributed by atoms with Crippen LogP contribution in [0, 0.1) is 5.92 Å². The van der Waals surface area contributed by atoms with Crippen molar-refractivity contribution in [2.75, 3.05) is 0 Å². The number of allylic oxidation sites excluding steroid dienone is 5. The molecular weight excluding hydrogens is 96.1 g/mol. The minimum Gasteiger partial charge on any atom is -0.0946 e. The Bertz CT molecular complexity index is 194. The number of hydrogen-bond donors (Lipinski definition) is 0. The Morgan fingerprint density at radius 3 is 2.62 bits per heavy atom. The molecule has 0 nitrogen and oxygen atoms in total. The van der Waals surface area contributed by atoms with Gasteiger partial charge < -0.3 is 0 Å². The standard InChI is InChI=1S/C8H8/c1-6-7-2-3-8(6)5-4-7/h2-4,8H,1,5H2. The Balaban J connectivity index is 2.55. The van der Waals surface area contributed by atoms with E-state index in [1.54, 1.807) is 0 Å². The summed E-state index contributed by atoms with van der Waals surface area (Å²) in [7, 11) is 0. The van der Waals surface area contributed by atoms with Crippen LogP contribution in [0.25, 0.3) is 0 Å². The molecule has 0 saturated carbocycles. The molecule has 2 aliphatic carbocycles. The van der Waals surface area contributed by atoms with Crippen LogP contribution in [0.4, 0.5) is 0 Å². The summed E-state index contributed by atoms with van der Waals surface area (Å²) in [5.41, 5.74) is 2.69. The molecule has 8 heavy (non-hydrogen) atoms. The predicted molar refractivity (Wildman–Crippen MR) is 34.5 cm³/mol. The highest BCUT2D eigenvalue weighted by atomic mass is 14.3. The van der Waals surface area contributed by atoms with Gasteiger partial charge in [-0.15, -0.1) is 0 Å². The van der Waals surface area contributed by atoms with Gasteiger partial charge in [-0.1, -0.05) is 24.8 Å². The topological polar surface area (TPSA) is 0 Å². The lowest BCUT2D eigenvalue weighted by atomic mass is 10.1.